The lowest BCUT2D eigenvalue weighted by Crippen LogP contribution is -2.26. The standard InChI is InChI=1S/C33H37N5O6S2/c1-5-43-24-16-12-22(13-17-24)38-27(19-34-28(39)18-21-10-14-23(42-4)15-11-21)36-37-33(38)45-20(3)30(40)35-31-29(32(41)44-6-2)25-8-7-9-26(25)46-31/h10-17,20H,5-9,18-19H2,1-4H3,(H,34,39)(H,35,40). The van der Waals surface area contributed by atoms with Crippen LogP contribution in [0.15, 0.2) is 53.7 Å². The van der Waals surface area contributed by atoms with Crippen LogP contribution in [-0.4, -0.2) is 58.1 Å². The van der Waals surface area contributed by atoms with Gasteiger partial charge in [0.15, 0.2) is 11.0 Å². The van der Waals surface area contributed by atoms with Gasteiger partial charge in [-0.15, -0.1) is 21.5 Å². The summed E-state index contributed by atoms with van der Waals surface area (Å²) >= 11 is 2.68. The lowest BCUT2D eigenvalue weighted by atomic mass is 10.1. The molecule has 0 saturated carbocycles. The maximum absolute atomic E-state index is 13.5. The van der Waals surface area contributed by atoms with E-state index in [0.29, 0.717) is 28.2 Å². The van der Waals surface area contributed by atoms with Crippen LogP contribution in [0.1, 0.15) is 59.4 Å². The van der Waals surface area contributed by atoms with Gasteiger partial charge in [-0.3, -0.25) is 14.2 Å². The molecule has 11 nitrogen and oxygen atoms in total. The second kappa shape index (κ2) is 15.3. The highest BCUT2D eigenvalue weighted by molar-refractivity contribution is 8.00. The van der Waals surface area contributed by atoms with Crippen molar-refractivity contribution in [3.63, 3.8) is 0 Å². The van der Waals surface area contributed by atoms with E-state index < -0.39 is 11.2 Å². The number of anilines is 1. The molecule has 0 aliphatic heterocycles. The van der Waals surface area contributed by atoms with Gasteiger partial charge in [-0.05, 0) is 87.6 Å². The molecule has 242 valence electrons. The molecule has 0 fully saturated rings. The molecule has 4 aromatic rings. The van der Waals surface area contributed by atoms with Crippen LogP contribution in [0.4, 0.5) is 5.00 Å². The summed E-state index contributed by atoms with van der Waals surface area (Å²) in [5.74, 6) is 1.09. The van der Waals surface area contributed by atoms with Gasteiger partial charge in [-0.25, -0.2) is 4.79 Å². The highest BCUT2D eigenvalue weighted by atomic mass is 32.2. The number of thioether (sulfide) groups is 1. The number of benzene rings is 2. The summed E-state index contributed by atoms with van der Waals surface area (Å²) in [4.78, 5) is 40.2. The Bertz CT molecular complexity index is 1680. The number of aryl methyl sites for hydroxylation is 1. The van der Waals surface area contributed by atoms with Gasteiger partial charge < -0.3 is 24.8 Å². The Morgan fingerprint density at radius 3 is 2.43 bits per heavy atom. The Kier molecular flexibility index (Phi) is 11.0. The molecule has 2 aromatic carbocycles. The van der Waals surface area contributed by atoms with E-state index in [2.05, 4.69) is 20.8 Å². The first-order valence-electron chi connectivity index (χ1n) is 15.2. The maximum atomic E-state index is 13.5. The maximum Gasteiger partial charge on any atom is 0.341 e. The van der Waals surface area contributed by atoms with Crippen LogP contribution in [0.25, 0.3) is 5.69 Å². The molecule has 1 aliphatic rings. The van der Waals surface area contributed by atoms with E-state index in [1.807, 2.05) is 60.0 Å². The van der Waals surface area contributed by atoms with Crippen LogP contribution in [-0.2, 0) is 40.1 Å². The molecule has 0 bridgehead atoms. The largest absolute Gasteiger partial charge is 0.497 e. The number of methoxy groups -OCH3 is 1. The number of ether oxygens (including phenoxy) is 3. The number of hydrogen-bond donors (Lipinski definition) is 2. The number of hydrogen-bond acceptors (Lipinski definition) is 10. The zero-order chi connectivity index (χ0) is 32.6. The summed E-state index contributed by atoms with van der Waals surface area (Å²) in [6.07, 6.45) is 2.86. The summed E-state index contributed by atoms with van der Waals surface area (Å²) in [6.45, 7) is 6.38. The van der Waals surface area contributed by atoms with Crippen LogP contribution < -0.4 is 20.1 Å². The summed E-state index contributed by atoms with van der Waals surface area (Å²) in [6, 6.07) is 14.8. The third-order valence-electron chi connectivity index (χ3n) is 7.36. The molecule has 1 unspecified atom stereocenters. The monoisotopic (exact) mass is 663 g/mol. The second-order valence-corrected chi connectivity index (χ2v) is 12.9. The van der Waals surface area contributed by atoms with Crippen molar-refractivity contribution in [1.82, 2.24) is 20.1 Å². The van der Waals surface area contributed by atoms with Crippen LogP contribution in [0.3, 0.4) is 0 Å². The molecule has 0 radical (unpaired) electrons. The van der Waals surface area contributed by atoms with Gasteiger partial charge >= 0.3 is 5.97 Å². The summed E-state index contributed by atoms with van der Waals surface area (Å²) in [5, 5.41) is 15.1. The normalized spacial score (nSPS) is 12.7. The van der Waals surface area contributed by atoms with Crippen LogP contribution in [0.2, 0.25) is 0 Å². The molecular weight excluding hydrogens is 627 g/mol. The van der Waals surface area contributed by atoms with Gasteiger partial charge in [0.1, 0.15) is 16.5 Å². The number of aromatic nitrogens is 3. The Balaban J connectivity index is 1.33. The van der Waals surface area contributed by atoms with Gasteiger partial charge in [-0.1, -0.05) is 23.9 Å². The van der Waals surface area contributed by atoms with Gasteiger partial charge in [0, 0.05) is 10.6 Å². The fourth-order valence-corrected chi connectivity index (χ4v) is 7.28. The number of fused-ring (bicyclic) bond motifs is 1. The topological polar surface area (TPSA) is 134 Å². The van der Waals surface area contributed by atoms with E-state index in [1.165, 1.54) is 23.1 Å². The van der Waals surface area contributed by atoms with E-state index in [-0.39, 0.29) is 31.4 Å². The molecule has 0 saturated heterocycles. The minimum atomic E-state index is -0.588. The van der Waals surface area contributed by atoms with Crippen molar-refractivity contribution in [2.45, 2.75) is 63.4 Å². The summed E-state index contributed by atoms with van der Waals surface area (Å²) < 4.78 is 17.9. The van der Waals surface area contributed by atoms with Crippen molar-refractivity contribution in [3.8, 4) is 17.2 Å². The number of carbonyl (C=O) groups is 3. The first-order valence-corrected chi connectivity index (χ1v) is 16.9. The zero-order valence-corrected chi connectivity index (χ0v) is 27.9. The molecule has 2 aromatic heterocycles. The smallest absolute Gasteiger partial charge is 0.341 e. The number of carbonyl (C=O) groups excluding carboxylic acids is 3. The minimum absolute atomic E-state index is 0.125. The minimum Gasteiger partial charge on any atom is -0.497 e. The second-order valence-electron chi connectivity index (χ2n) is 10.5. The molecular formula is C33H37N5O6S2. The molecule has 46 heavy (non-hydrogen) atoms. The van der Waals surface area contributed by atoms with Crippen molar-refractivity contribution in [2.24, 2.45) is 0 Å². The predicted molar refractivity (Wildman–Crippen MR) is 177 cm³/mol. The Morgan fingerprint density at radius 1 is 1.00 bits per heavy atom. The van der Waals surface area contributed by atoms with E-state index in [1.54, 1.807) is 21.0 Å². The fraction of sp³-hybridized carbons (Fsp3) is 0.364. The lowest BCUT2D eigenvalue weighted by molar-refractivity contribution is -0.120. The fourth-order valence-electron chi connectivity index (χ4n) is 5.11. The van der Waals surface area contributed by atoms with Crippen molar-refractivity contribution in [1.29, 1.82) is 0 Å². The van der Waals surface area contributed by atoms with Crippen molar-refractivity contribution in [2.75, 3.05) is 25.6 Å². The number of rotatable bonds is 14. The Morgan fingerprint density at radius 2 is 1.74 bits per heavy atom. The molecule has 2 N–H and O–H groups in total. The highest BCUT2D eigenvalue weighted by Crippen LogP contribution is 2.40. The molecule has 13 heteroatoms. The first kappa shape index (κ1) is 33.0. The zero-order valence-electron chi connectivity index (χ0n) is 26.3. The average Bonchev–Trinajstić information content (AvgIpc) is 3.76. The molecule has 1 atom stereocenters. The number of nitrogens with zero attached hydrogens (tertiary/aromatic N) is 3. The number of esters is 1. The number of thiophene rings is 1. The SMILES string of the molecule is CCOC(=O)c1c(NC(=O)C(C)Sc2nnc(CNC(=O)Cc3ccc(OC)cc3)n2-c2ccc(OCC)cc2)sc2c1CCC2. The molecule has 0 spiro atoms. The average molecular weight is 664 g/mol. The van der Waals surface area contributed by atoms with Crippen molar-refractivity contribution >= 4 is 45.9 Å². The Hall–Kier alpha value is -4.36. The van der Waals surface area contributed by atoms with Crippen molar-refractivity contribution < 1.29 is 28.6 Å². The third kappa shape index (κ3) is 7.71. The predicted octanol–water partition coefficient (Wildman–Crippen LogP) is 5.38. The van der Waals surface area contributed by atoms with Gasteiger partial charge in [0.05, 0.1) is 44.1 Å². The quantitative estimate of drug-likeness (QED) is 0.135. The molecule has 1 aliphatic carbocycles. The van der Waals surface area contributed by atoms with Crippen LogP contribution >= 0.6 is 23.1 Å². The van der Waals surface area contributed by atoms with E-state index >= 15 is 0 Å². The summed E-state index contributed by atoms with van der Waals surface area (Å²) in [7, 11) is 1.60. The number of nitrogens with one attached hydrogen (secondary N) is 2. The van der Waals surface area contributed by atoms with E-state index in [0.717, 1.165) is 52.5 Å². The molecule has 5 rings (SSSR count). The number of amides is 2. The third-order valence-corrected chi connectivity index (χ3v) is 9.61. The van der Waals surface area contributed by atoms with Gasteiger partial charge in [0.2, 0.25) is 11.8 Å². The molecule has 2 heterocycles. The molecule has 2 amide bonds. The van der Waals surface area contributed by atoms with Crippen molar-refractivity contribution in [3.05, 3.63) is 75.9 Å². The van der Waals surface area contributed by atoms with Gasteiger partial charge in [0.25, 0.3) is 0 Å². The Labute approximate surface area is 276 Å². The van der Waals surface area contributed by atoms with Gasteiger partial charge in [-0.2, -0.15) is 0 Å². The first-order chi connectivity index (χ1) is 22.3. The summed E-state index contributed by atoms with van der Waals surface area (Å²) in [5.41, 5.74) is 3.05. The lowest BCUT2D eigenvalue weighted by Gasteiger charge is -2.15. The van der Waals surface area contributed by atoms with Crippen LogP contribution in [0, 0.1) is 0 Å². The highest BCUT2D eigenvalue weighted by Gasteiger charge is 2.30. The van der Waals surface area contributed by atoms with E-state index in [4.69, 9.17) is 14.2 Å². The van der Waals surface area contributed by atoms with Crippen LogP contribution in [0.5, 0.6) is 11.5 Å². The van der Waals surface area contributed by atoms with E-state index in [9.17, 15) is 14.4 Å².